The first-order valence-corrected chi connectivity index (χ1v) is 10.9. The van der Waals surface area contributed by atoms with Crippen LogP contribution in [0, 0.1) is 5.92 Å². The lowest BCUT2D eigenvalue weighted by molar-refractivity contribution is -0.152. The van der Waals surface area contributed by atoms with Crippen LogP contribution in [0.25, 0.3) is 0 Å². The van der Waals surface area contributed by atoms with E-state index in [1.807, 2.05) is 6.08 Å². The minimum absolute atomic E-state index is 0.184. The molecule has 0 aromatic carbocycles. The molecule has 0 unspecified atom stereocenters. The number of hydrogen-bond donors (Lipinski definition) is 2. The van der Waals surface area contributed by atoms with E-state index in [9.17, 15) is 24.6 Å². The van der Waals surface area contributed by atoms with Gasteiger partial charge in [0.1, 0.15) is 17.4 Å². The molecule has 0 aromatic rings. The van der Waals surface area contributed by atoms with Crippen LogP contribution in [0.15, 0.2) is 82.9 Å². The van der Waals surface area contributed by atoms with Crippen LogP contribution >= 0.6 is 0 Å². The minimum Gasteiger partial charge on any atom is -0.507 e. The summed E-state index contributed by atoms with van der Waals surface area (Å²) in [5.74, 6) is -2.01. The molecule has 0 saturated carbocycles. The van der Waals surface area contributed by atoms with E-state index in [0.29, 0.717) is 11.5 Å². The van der Waals surface area contributed by atoms with Gasteiger partial charge in [-0.2, -0.15) is 0 Å². The van der Waals surface area contributed by atoms with Gasteiger partial charge in [0.2, 0.25) is 5.78 Å². The zero-order valence-corrected chi connectivity index (χ0v) is 18.9. The molecule has 7 nitrogen and oxygen atoms in total. The fourth-order valence-corrected chi connectivity index (χ4v) is 3.70. The highest BCUT2D eigenvalue weighted by Crippen LogP contribution is 2.45. The number of aliphatic hydroxyl groups excluding tert-OH is 2. The summed E-state index contributed by atoms with van der Waals surface area (Å²) in [6.07, 6.45) is 14.8. The van der Waals surface area contributed by atoms with Crippen LogP contribution in [0.1, 0.15) is 33.6 Å². The predicted molar refractivity (Wildman–Crippen MR) is 122 cm³/mol. The van der Waals surface area contributed by atoms with Crippen LogP contribution in [0.4, 0.5) is 0 Å². The Kier molecular flexibility index (Phi) is 7.33. The Labute approximate surface area is 192 Å². The van der Waals surface area contributed by atoms with E-state index in [2.05, 4.69) is 19.9 Å². The molecule has 0 aromatic heterocycles. The van der Waals surface area contributed by atoms with Gasteiger partial charge in [0, 0.05) is 18.1 Å². The van der Waals surface area contributed by atoms with Gasteiger partial charge < -0.3 is 19.7 Å². The van der Waals surface area contributed by atoms with Gasteiger partial charge >= 0.3 is 5.97 Å². The third-order valence-electron chi connectivity index (χ3n) is 5.87. The maximum Gasteiger partial charge on any atom is 0.343 e. The van der Waals surface area contributed by atoms with E-state index >= 15 is 0 Å². The number of allylic oxidation sites excluding steroid dienone is 7. The number of rotatable bonds is 8. The number of Topliss-reactive ketones (excluding diaryl/α,β-unsaturated/α-hetero) is 1. The lowest BCUT2D eigenvalue weighted by Crippen LogP contribution is -2.43. The van der Waals surface area contributed by atoms with Gasteiger partial charge in [-0.1, -0.05) is 50.6 Å². The maximum absolute atomic E-state index is 13.0. The lowest BCUT2D eigenvalue weighted by Gasteiger charge is -2.33. The molecule has 1 aliphatic carbocycles. The molecule has 0 spiro atoms. The van der Waals surface area contributed by atoms with Crippen LogP contribution in [-0.2, 0) is 23.9 Å². The van der Waals surface area contributed by atoms with Gasteiger partial charge in [0.15, 0.2) is 11.4 Å². The monoisotopic (exact) mass is 452 g/mol. The van der Waals surface area contributed by atoms with Gasteiger partial charge in [0.25, 0.3) is 0 Å². The first-order chi connectivity index (χ1) is 15.7. The van der Waals surface area contributed by atoms with E-state index in [1.165, 1.54) is 25.3 Å². The number of carbonyl (C=O) groups excluding carboxylic acids is 3. The molecule has 2 aliphatic heterocycles. The normalized spacial score (nSPS) is 26.3. The predicted octanol–water partition coefficient (Wildman–Crippen LogP) is 3.50. The molecule has 174 valence electrons. The molecule has 7 heteroatoms. The Hall–Kier alpha value is -3.45. The molecule has 33 heavy (non-hydrogen) atoms. The van der Waals surface area contributed by atoms with Crippen molar-refractivity contribution in [2.24, 2.45) is 5.92 Å². The lowest BCUT2D eigenvalue weighted by atomic mass is 9.76. The van der Waals surface area contributed by atoms with Crippen molar-refractivity contribution < 1.29 is 34.1 Å². The standard InChI is InChI=1S/C26H28O7/c1-4-16(2)9-7-5-6-8-10-18(28)13-22(29)23-21-12-17-11-19(14-27)32-15-20(17)24(30)26(21,3)33-25(23)31/h5-10,12-13,15-16,19,27,29H,4,11,14H2,1-3H3/b6-5+,9-7+,10-8+,22-13-/t16-,19-,26-/m1/s1. The van der Waals surface area contributed by atoms with Gasteiger partial charge in [-0.15, -0.1) is 0 Å². The van der Waals surface area contributed by atoms with Crippen molar-refractivity contribution in [3.05, 3.63) is 82.9 Å². The van der Waals surface area contributed by atoms with Gasteiger partial charge in [-0.3, -0.25) is 9.59 Å². The Bertz CT molecular complexity index is 1060. The largest absolute Gasteiger partial charge is 0.507 e. The van der Waals surface area contributed by atoms with E-state index in [1.54, 1.807) is 18.2 Å². The van der Waals surface area contributed by atoms with Crippen molar-refractivity contribution >= 4 is 17.5 Å². The highest BCUT2D eigenvalue weighted by atomic mass is 16.6. The number of aliphatic hydroxyl groups is 2. The molecule has 3 atom stereocenters. The first-order valence-electron chi connectivity index (χ1n) is 10.9. The van der Waals surface area contributed by atoms with Crippen LogP contribution in [0.5, 0.6) is 0 Å². The number of hydrogen-bond acceptors (Lipinski definition) is 7. The van der Waals surface area contributed by atoms with Crippen molar-refractivity contribution in [1.29, 1.82) is 0 Å². The molecule has 3 rings (SSSR count). The van der Waals surface area contributed by atoms with Crippen LogP contribution in [0.2, 0.25) is 0 Å². The summed E-state index contributed by atoms with van der Waals surface area (Å²) in [7, 11) is 0. The molecular weight excluding hydrogens is 424 g/mol. The summed E-state index contributed by atoms with van der Waals surface area (Å²) in [6.45, 7) is 5.40. The molecule has 0 amide bonds. The third kappa shape index (κ3) is 4.98. The van der Waals surface area contributed by atoms with Crippen molar-refractivity contribution in [3.8, 4) is 0 Å². The second-order valence-corrected chi connectivity index (χ2v) is 8.33. The van der Waals surface area contributed by atoms with Crippen LogP contribution < -0.4 is 0 Å². The number of fused-ring (bicyclic) bond motifs is 2. The Balaban J connectivity index is 1.86. The minimum atomic E-state index is -1.62. The van der Waals surface area contributed by atoms with Gasteiger partial charge in [-0.05, 0) is 30.6 Å². The van der Waals surface area contributed by atoms with Crippen LogP contribution in [0.3, 0.4) is 0 Å². The number of esters is 1. The summed E-state index contributed by atoms with van der Waals surface area (Å²) in [4.78, 5) is 37.8. The fourth-order valence-electron chi connectivity index (χ4n) is 3.70. The number of ketones is 2. The topological polar surface area (TPSA) is 110 Å². The van der Waals surface area contributed by atoms with E-state index in [4.69, 9.17) is 9.47 Å². The first kappa shape index (κ1) is 24.2. The molecule has 0 radical (unpaired) electrons. The van der Waals surface area contributed by atoms with E-state index in [0.717, 1.165) is 12.5 Å². The smallest absolute Gasteiger partial charge is 0.343 e. The van der Waals surface area contributed by atoms with Crippen molar-refractivity contribution in [2.75, 3.05) is 6.61 Å². The van der Waals surface area contributed by atoms with Crippen LogP contribution in [-0.4, -0.2) is 46.1 Å². The second-order valence-electron chi connectivity index (χ2n) is 8.33. The quantitative estimate of drug-likeness (QED) is 0.251. The highest BCUT2D eigenvalue weighted by Gasteiger charge is 2.54. The summed E-state index contributed by atoms with van der Waals surface area (Å²) >= 11 is 0. The zero-order chi connectivity index (χ0) is 24.2. The van der Waals surface area contributed by atoms with E-state index in [-0.39, 0.29) is 29.7 Å². The maximum atomic E-state index is 13.0. The number of carbonyl (C=O) groups is 3. The molecular formula is C26H28O7. The van der Waals surface area contributed by atoms with Gasteiger partial charge in [0.05, 0.1) is 18.4 Å². The van der Waals surface area contributed by atoms with Crippen molar-refractivity contribution in [2.45, 2.75) is 45.3 Å². The molecule has 2 heterocycles. The summed E-state index contributed by atoms with van der Waals surface area (Å²) in [6, 6.07) is 0. The highest BCUT2D eigenvalue weighted by molar-refractivity contribution is 6.15. The average molecular weight is 453 g/mol. The Morgan fingerprint density at radius 3 is 2.70 bits per heavy atom. The fraction of sp³-hybridized carbons (Fsp3) is 0.346. The molecule has 2 N–H and O–H groups in total. The van der Waals surface area contributed by atoms with Gasteiger partial charge in [-0.25, -0.2) is 4.79 Å². The average Bonchev–Trinajstić information content (AvgIpc) is 3.05. The molecule has 0 bridgehead atoms. The third-order valence-corrected chi connectivity index (χ3v) is 5.87. The molecule has 0 fully saturated rings. The van der Waals surface area contributed by atoms with Crippen molar-refractivity contribution in [1.82, 2.24) is 0 Å². The SMILES string of the molecule is CC[C@@H](C)/C=C/C=C/C=C/C(=O)/C=C(\O)C1=C2C=C3C[C@H](CO)OC=C3C(=O)[C@]2(C)OC1=O. The van der Waals surface area contributed by atoms with E-state index < -0.39 is 35.0 Å². The Morgan fingerprint density at radius 1 is 1.27 bits per heavy atom. The molecule has 3 aliphatic rings. The Morgan fingerprint density at radius 2 is 2.00 bits per heavy atom. The second kappa shape index (κ2) is 10.0. The zero-order valence-electron chi connectivity index (χ0n) is 18.9. The summed E-state index contributed by atoms with van der Waals surface area (Å²) in [5, 5.41) is 19.9. The summed E-state index contributed by atoms with van der Waals surface area (Å²) in [5.41, 5.74) is -0.829. The number of ether oxygens (including phenoxy) is 2. The summed E-state index contributed by atoms with van der Waals surface area (Å²) < 4.78 is 10.7. The molecule has 0 saturated heterocycles. The van der Waals surface area contributed by atoms with Crippen molar-refractivity contribution in [3.63, 3.8) is 0 Å².